The first-order chi connectivity index (χ1) is 7.93. The molecule has 0 aromatic heterocycles. The first-order valence-corrected chi connectivity index (χ1v) is 5.39. The van der Waals surface area contributed by atoms with Crippen LogP contribution in [0.15, 0.2) is 17.0 Å². The van der Waals surface area contributed by atoms with Crippen molar-refractivity contribution in [1.29, 1.82) is 0 Å². The molecule has 0 fully saturated rings. The molecule has 1 N–H and O–H groups in total. The fraction of sp³-hybridized carbons (Fsp3) is 0.222. The van der Waals surface area contributed by atoms with E-state index in [0.29, 0.717) is 17.8 Å². The highest BCUT2D eigenvalue weighted by Crippen LogP contribution is 2.33. The first-order valence-electron chi connectivity index (χ1n) is 4.40. The number of carbonyl (C=O) groups is 1. The fourth-order valence-corrected chi connectivity index (χ4v) is 2.04. The van der Waals surface area contributed by atoms with Gasteiger partial charge in [-0.1, -0.05) is 0 Å². The maximum absolute atomic E-state index is 13.3. The molecule has 0 saturated heterocycles. The Hall–Kier alpha value is -1.70. The highest BCUT2D eigenvalue weighted by atomic mass is 32.2. The SMILES string of the molecule is O=C(O)CCSc1c([N+](=O)[O-])ccc(F)c1F. The van der Waals surface area contributed by atoms with Gasteiger partial charge in [-0.25, -0.2) is 8.78 Å². The monoisotopic (exact) mass is 263 g/mol. The normalized spacial score (nSPS) is 10.2. The second kappa shape index (κ2) is 5.58. The quantitative estimate of drug-likeness (QED) is 0.501. The van der Waals surface area contributed by atoms with Gasteiger partial charge in [-0.2, -0.15) is 0 Å². The van der Waals surface area contributed by atoms with Crippen molar-refractivity contribution in [3.8, 4) is 0 Å². The molecular formula is C9H7F2NO4S. The van der Waals surface area contributed by atoms with E-state index in [4.69, 9.17) is 5.11 Å². The summed E-state index contributed by atoms with van der Waals surface area (Å²) < 4.78 is 26.2. The largest absolute Gasteiger partial charge is 0.481 e. The van der Waals surface area contributed by atoms with Crippen molar-refractivity contribution in [2.45, 2.75) is 11.3 Å². The third kappa shape index (κ3) is 3.38. The smallest absolute Gasteiger partial charge is 0.304 e. The summed E-state index contributed by atoms with van der Waals surface area (Å²) in [7, 11) is 0. The number of nitrogens with zero attached hydrogens (tertiary/aromatic N) is 1. The Morgan fingerprint density at radius 3 is 2.65 bits per heavy atom. The predicted octanol–water partition coefficient (Wildman–Crippen LogP) is 2.44. The van der Waals surface area contributed by atoms with Crippen LogP contribution in [-0.4, -0.2) is 21.8 Å². The van der Waals surface area contributed by atoms with Crippen LogP contribution in [0.4, 0.5) is 14.5 Å². The molecule has 0 atom stereocenters. The van der Waals surface area contributed by atoms with E-state index in [1.165, 1.54) is 0 Å². The minimum Gasteiger partial charge on any atom is -0.481 e. The van der Waals surface area contributed by atoms with Gasteiger partial charge in [0.05, 0.1) is 11.3 Å². The molecule has 0 amide bonds. The van der Waals surface area contributed by atoms with Gasteiger partial charge in [0.15, 0.2) is 11.6 Å². The molecule has 1 aromatic rings. The topological polar surface area (TPSA) is 80.4 Å². The lowest BCUT2D eigenvalue weighted by Gasteiger charge is -2.03. The van der Waals surface area contributed by atoms with Crippen LogP contribution in [0.25, 0.3) is 0 Å². The van der Waals surface area contributed by atoms with E-state index in [-0.39, 0.29) is 12.2 Å². The molecule has 0 radical (unpaired) electrons. The molecule has 0 saturated carbocycles. The molecule has 0 bridgehead atoms. The molecular weight excluding hydrogens is 256 g/mol. The number of hydrogen-bond acceptors (Lipinski definition) is 4. The first kappa shape index (κ1) is 13.4. The number of carboxylic acid groups (broad SMARTS) is 1. The number of carboxylic acids is 1. The zero-order chi connectivity index (χ0) is 13.0. The van der Waals surface area contributed by atoms with Crippen LogP contribution in [0.2, 0.25) is 0 Å². The van der Waals surface area contributed by atoms with Gasteiger partial charge in [-0.05, 0) is 6.07 Å². The zero-order valence-corrected chi connectivity index (χ0v) is 9.17. The van der Waals surface area contributed by atoms with Crippen LogP contribution < -0.4 is 0 Å². The maximum Gasteiger partial charge on any atom is 0.304 e. The average Bonchev–Trinajstić information content (AvgIpc) is 2.23. The molecule has 1 aromatic carbocycles. The summed E-state index contributed by atoms with van der Waals surface area (Å²) in [4.78, 5) is 19.5. The molecule has 5 nitrogen and oxygen atoms in total. The van der Waals surface area contributed by atoms with Crippen molar-refractivity contribution in [3.05, 3.63) is 33.9 Å². The zero-order valence-electron chi connectivity index (χ0n) is 8.35. The van der Waals surface area contributed by atoms with E-state index in [1.54, 1.807) is 0 Å². The maximum atomic E-state index is 13.3. The molecule has 0 heterocycles. The average molecular weight is 263 g/mol. The molecule has 0 aliphatic heterocycles. The van der Waals surface area contributed by atoms with Crippen molar-refractivity contribution in [3.63, 3.8) is 0 Å². The van der Waals surface area contributed by atoms with Crippen LogP contribution in [0.3, 0.4) is 0 Å². The third-order valence-electron chi connectivity index (χ3n) is 1.79. The van der Waals surface area contributed by atoms with E-state index in [2.05, 4.69) is 0 Å². The van der Waals surface area contributed by atoms with Gasteiger partial charge in [0.1, 0.15) is 4.90 Å². The second-order valence-corrected chi connectivity index (χ2v) is 4.06. The predicted molar refractivity (Wildman–Crippen MR) is 56.0 cm³/mol. The van der Waals surface area contributed by atoms with Gasteiger partial charge < -0.3 is 5.11 Å². The summed E-state index contributed by atoms with van der Waals surface area (Å²) >= 11 is 0.607. The number of nitro groups is 1. The van der Waals surface area contributed by atoms with E-state index in [9.17, 15) is 23.7 Å². The van der Waals surface area contributed by atoms with Crippen molar-refractivity contribution in [2.24, 2.45) is 0 Å². The van der Waals surface area contributed by atoms with Crippen LogP contribution in [0.1, 0.15) is 6.42 Å². The van der Waals surface area contributed by atoms with Gasteiger partial charge in [0.25, 0.3) is 5.69 Å². The van der Waals surface area contributed by atoms with Gasteiger partial charge in [0.2, 0.25) is 0 Å². The standard InChI is InChI=1S/C9H7F2NO4S/c10-5-1-2-6(12(15)16)9(8(5)11)17-4-3-7(13)14/h1-2H,3-4H2,(H,13,14). The fourth-order valence-electron chi connectivity index (χ4n) is 1.04. The molecule has 8 heteroatoms. The number of thioether (sulfide) groups is 1. The molecule has 0 spiro atoms. The van der Waals surface area contributed by atoms with Gasteiger partial charge in [0, 0.05) is 11.8 Å². The summed E-state index contributed by atoms with van der Waals surface area (Å²) in [5.41, 5.74) is -0.570. The van der Waals surface area contributed by atoms with Crippen molar-refractivity contribution >= 4 is 23.4 Å². The Balaban J connectivity index is 2.98. The van der Waals surface area contributed by atoms with E-state index in [0.717, 1.165) is 6.07 Å². The van der Waals surface area contributed by atoms with Crippen LogP contribution in [0.5, 0.6) is 0 Å². The van der Waals surface area contributed by atoms with Crippen LogP contribution in [0, 0.1) is 21.7 Å². The molecule has 0 aliphatic carbocycles. The van der Waals surface area contributed by atoms with Crippen molar-refractivity contribution in [2.75, 3.05) is 5.75 Å². The summed E-state index contributed by atoms with van der Waals surface area (Å²) in [6, 6.07) is 1.51. The highest BCUT2D eigenvalue weighted by molar-refractivity contribution is 7.99. The Morgan fingerprint density at radius 1 is 1.47 bits per heavy atom. The van der Waals surface area contributed by atoms with E-state index < -0.39 is 33.1 Å². The molecule has 17 heavy (non-hydrogen) atoms. The lowest BCUT2D eigenvalue weighted by atomic mass is 10.3. The Bertz CT molecular complexity index is 467. The second-order valence-electron chi connectivity index (χ2n) is 2.96. The number of benzene rings is 1. The lowest BCUT2D eigenvalue weighted by Crippen LogP contribution is -2.00. The molecule has 1 rings (SSSR count). The number of nitro benzene ring substituents is 1. The minimum atomic E-state index is -1.32. The lowest BCUT2D eigenvalue weighted by molar-refractivity contribution is -0.388. The number of rotatable bonds is 5. The van der Waals surface area contributed by atoms with E-state index in [1.807, 2.05) is 0 Å². The summed E-state index contributed by atoms with van der Waals surface area (Å²) in [6.45, 7) is 0. The Morgan fingerprint density at radius 2 is 2.12 bits per heavy atom. The molecule has 0 unspecified atom stereocenters. The van der Waals surface area contributed by atoms with Crippen LogP contribution >= 0.6 is 11.8 Å². The molecule has 0 aliphatic rings. The van der Waals surface area contributed by atoms with E-state index >= 15 is 0 Å². The molecule has 92 valence electrons. The van der Waals surface area contributed by atoms with Crippen molar-refractivity contribution in [1.82, 2.24) is 0 Å². The number of hydrogen-bond donors (Lipinski definition) is 1. The van der Waals surface area contributed by atoms with Crippen LogP contribution in [-0.2, 0) is 4.79 Å². The summed E-state index contributed by atoms with van der Waals surface area (Å²) in [5, 5.41) is 18.9. The van der Waals surface area contributed by atoms with Gasteiger partial charge in [-0.3, -0.25) is 14.9 Å². The highest BCUT2D eigenvalue weighted by Gasteiger charge is 2.21. The number of halogens is 2. The number of aliphatic carboxylic acids is 1. The Kier molecular flexibility index (Phi) is 4.38. The van der Waals surface area contributed by atoms with Crippen molar-refractivity contribution < 1.29 is 23.6 Å². The third-order valence-corrected chi connectivity index (χ3v) is 2.87. The summed E-state index contributed by atoms with van der Waals surface area (Å²) in [5.74, 6) is -3.71. The van der Waals surface area contributed by atoms with Gasteiger partial charge in [-0.15, -0.1) is 11.8 Å². The van der Waals surface area contributed by atoms with Gasteiger partial charge >= 0.3 is 5.97 Å². The summed E-state index contributed by atoms with van der Waals surface area (Å²) in [6.07, 6.45) is -0.294. The minimum absolute atomic E-state index is 0.0729. The Labute approximate surface area is 98.6 Å².